The number of amides is 1. The van der Waals surface area contributed by atoms with E-state index in [4.69, 9.17) is 9.73 Å². The highest BCUT2D eigenvalue weighted by Gasteiger charge is 2.38. The van der Waals surface area contributed by atoms with Gasteiger partial charge in [0.25, 0.3) is 5.91 Å². The number of hydrogen-bond acceptors (Lipinski definition) is 4. The number of amidine groups is 1. The van der Waals surface area contributed by atoms with Crippen molar-refractivity contribution in [2.75, 3.05) is 6.61 Å². The lowest BCUT2D eigenvalue weighted by Crippen LogP contribution is -2.40. The van der Waals surface area contributed by atoms with E-state index < -0.39 is 0 Å². The highest BCUT2D eigenvalue weighted by molar-refractivity contribution is 14.1. The minimum absolute atomic E-state index is 0.0635. The van der Waals surface area contributed by atoms with E-state index in [1.54, 1.807) is 6.08 Å². The first-order valence-corrected chi connectivity index (χ1v) is 13.6. The Bertz CT molecular complexity index is 1040. The molecule has 0 bridgehead atoms. The van der Waals surface area contributed by atoms with Crippen LogP contribution in [0.15, 0.2) is 65.0 Å². The third-order valence-corrected chi connectivity index (χ3v) is 8.01. The second kappa shape index (κ2) is 11.2. The molecule has 1 saturated heterocycles. The molecule has 0 radical (unpaired) electrons. The third kappa shape index (κ3) is 5.59. The van der Waals surface area contributed by atoms with E-state index in [1.807, 2.05) is 41.3 Å². The van der Waals surface area contributed by atoms with E-state index in [9.17, 15) is 4.79 Å². The zero-order chi connectivity index (χ0) is 22.5. The molecule has 2 aromatic rings. The molecule has 0 unspecified atom stereocenters. The Kier molecular flexibility index (Phi) is 8.33. The average Bonchev–Trinajstić information content (AvgIpc) is 3.09. The number of nitrogens with zero attached hydrogens (tertiary/aromatic N) is 2. The van der Waals surface area contributed by atoms with Crippen molar-refractivity contribution in [2.24, 2.45) is 4.99 Å². The quantitative estimate of drug-likeness (QED) is 0.183. The minimum Gasteiger partial charge on any atom is -0.487 e. The summed E-state index contributed by atoms with van der Waals surface area (Å²) in [4.78, 5) is 21.0. The number of aliphatic imine (C=N–C) groups is 1. The molecule has 0 N–H and O–H groups in total. The van der Waals surface area contributed by atoms with Crippen LogP contribution in [-0.4, -0.2) is 28.6 Å². The standard InChI is InChI=1S/C25H24I2N2O2S/c1-2-13-31-23-20(26)14-17(15-21(23)27)16-22-24(30)29(19-11-7-4-8-12-19)25(32-22)28-18-9-5-3-6-10-18/h2-3,5-6,9-10,14-16,19H,1,4,7-8,11-13H2/b22-16-,28-25?. The zero-order valence-electron chi connectivity index (χ0n) is 17.6. The molecule has 4 rings (SSSR count). The normalized spacial score (nSPS) is 19.7. The molecule has 2 fully saturated rings. The fraction of sp³-hybridized carbons (Fsp3) is 0.280. The number of carbonyl (C=O) groups is 1. The summed E-state index contributed by atoms with van der Waals surface area (Å²) < 4.78 is 7.82. The molecule has 0 spiro atoms. The lowest BCUT2D eigenvalue weighted by molar-refractivity contribution is -0.124. The number of ether oxygens (including phenoxy) is 1. The summed E-state index contributed by atoms with van der Waals surface area (Å²) in [5, 5.41) is 0.787. The molecule has 1 amide bonds. The Labute approximate surface area is 220 Å². The van der Waals surface area contributed by atoms with Gasteiger partial charge in [0.1, 0.15) is 12.4 Å². The van der Waals surface area contributed by atoms with Crippen LogP contribution in [0.2, 0.25) is 0 Å². The average molecular weight is 670 g/mol. The SMILES string of the molecule is C=CCOc1c(I)cc(/C=C2\SC(=Nc3ccccc3)N(C3CCCCC3)C2=O)cc1I. The first-order valence-electron chi connectivity index (χ1n) is 10.7. The van der Waals surface area contributed by atoms with Crippen LogP contribution in [0.1, 0.15) is 37.7 Å². The van der Waals surface area contributed by atoms with Gasteiger partial charge in [-0.05, 0) is 106 Å². The monoisotopic (exact) mass is 670 g/mol. The Morgan fingerprint density at radius 1 is 1.12 bits per heavy atom. The number of rotatable bonds is 6. The van der Waals surface area contributed by atoms with Crippen molar-refractivity contribution in [1.82, 2.24) is 4.90 Å². The minimum atomic E-state index is 0.0635. The molecule has 7 heteroatoms. The van der Waals surface area contributed by atoms with Crippen LogP contribution in [0, 0.1) is 7.14 Å². The predicted octanol–water partition coefficient (Wildman–Crippen LogP) is 7.40. The van der Waals surface area contributed by atoms with Gasteiger partial charge in [-0.2, -0.15) is 0 Å². The maximum atomic E-state index is 13.5. The van der Waals surface area contributed by atoms with Crippen molar-refractivity contribution < 1.29 is 9.53 Å². The summed E-state index contributed by atoms with van der Waals surface area (Å²) in [5.41, 5.74) is 1.86. The van der Waals surface area contributed by atoms with Crippen molar-refractivity contribution >= 4 is 79.8 Å². The third-order valence-electron chi connectivity index (χ3n) is 5.42. The molecule has 166 valence electrons. The summed E-state index contributed by atoms with van der Waals surface area (Å²) in [5.74, 6) is 0.919. The molecule has 2 aromatic carbocycles. The zero-order valence-corrected chi connectivity index (χ0v) is 22.7. The number of thioether (sulfide) groups is 1. The highest BCUT2D eigenvalue weighted by atomic mass is 127. The summed E-state index contributed by atoms with van der Waals surface area (Å²) in [7, 11) is 0. The molecule has 2 aliphatic rings. The van der Waals surface area contributed by atoms with Gasteiger partial charge in [-0.1, -0.05) is 50.1 Å². The van der Waals surface area contributed by atoms with Crippen LogP contribution in [-0.2, 0) is 4.79 Å². The topological polar surface area (TPSA) is 41.9 Å². The summed E-state index contributed by atoms with van der Waals surface area (Å²) in [6, 6.07) is 14.2. The second-order valence-electron chi connectivity index (χ2n) is 7.72. The van der Waals surface area contributed by atoms with Crippen LogP contribution < -0.4 is 4.74 Å². The first-order chi connectivity index (χ1) is 15.6. The number of halogens is 2. The van der Waals surface area contributed by atoms with Gasteiger partial charge in [0, 0.05) is 6.04 Å². The van der Waals surface area contributed by atoms with Gasteiger partial charge in [-0.15, -0.1) is 0 Å². The largest absolute Gasteiger partial charge is 0.487 e. The van der Waals surface area contributed by atoms with E-state index in [0.29, 0.717) is 6.61 Å². The Morgan fingerprint density at radius 2 is 1.81 bits per heavy atom. The van der Waals surface area contributed by atoms with E-state index in [-0.39, 0.29) is 11.9 Å². The molecule has 1 saturated carbocycles. The fourth-order valence-electron chi connectivity index (χ4n) is 3.93. The molecule has 1 aliphatic carbocycles. The highest BCUT2D eigenvalue weighted by Crippen LogP contribution is 2.39. The van der Waals surface area contributed by atoms with Crippen LogP contribution >= 0.6 is 56.9 Å². The molecule has 0 aromatic heterocycles. The molecule has 0 atom stereocenters. The summed E-state index contributed by atoms with van der Waals surface area (Å²) in [6.07, 6.45) is 9.38. The summed E-state index contributed by atoms with van der Waals surface area (Å²) >= 11 is 6.04. The van der Waals surface area contributed by atoms with Crippen molar-refractivity contribution in [3.63, 3.8) is 0 Å². The van der Waals surface area contributed by atoms with Gasteiger partial charge in [0.15, 0.2) is 5.17 Å². The van der Waals surface area contributed by atoms with Gasteiger partial charge in [0.2, 0.25) is 0 Å². The smallest absolute Gasteiger partial charge is 0.267 e. The van der Waals surface area contributed by atoms with E-state index >= 15 is 0 Å². The van der Waals surface area contributed by atoms with Gasteiger partial charge in [0.05, 0.1) is 17.7 Å². The van der Waals surface area contributed by atoms with Gasteiger partial charge in [-0.25, -0.2) is 4.99 Å². The van der Waals surface area contributed by atoms with E-state index in [2.05, 4.69) is 63.9 Å². The molecule has 1 aliphatic heterocycles. The Balaban J connectivity index is 1.67. The number of hydrogen-bond donors (Lipinski definition) is 0. The predicted molar refractivity (Wildman–Crippen MR) is 150 cm³/mol. The van der Waals surface area contributed by atoms with Crippen molar-refractivity contribution in [3.05, 3.63) is 72.7 Å². The first kappa shape index (κ1) is 23.8. The molecule has 32 heavy (non-hydrogen) atoms. The second-order valence-corrected chi connectivity index (χ2v) is 11.1. The van der Waals surface area contributed by atoms with Gasteiger partial charge < -0.3 is 4.74 Å². The van der Waals surface area contributed by atoms with Crippen LogP contribution in [0.4, 0.5) is 5.69 Å². The maximum absolute atomic E-state index is 13.5. The molecular formula is C25H24I2N2O2S. The fourth-order valence-corrected chi connectivity index (χ4v) is 7.12. The molecule has 4 nitrogen and oxygen atoms in total. The maximum Gasteiger partial charge on any atom is 0.267 e. The Morgan fingerprint density at radius 3 is 2.47 bits per heavy atom. The van der Waals surface area contributed by atoms with Crippen LogP contribution in [0.3, 0.4) is 0 Å². The Hall–Kier alpha value is -1.33. The van der Waals surface area contributed by atoms with Crippen LogP contribution in [0.25, 0.3) is 6.08 Å². The van der Waals surface area contributed by atoms with Crippen LogP contribution in [0.5, 0.6) is 5.75 Å². The number of para-hydroxylation sites is 1. The molecule has 1 heterocycles. The van der Waals surface area contributed by atoms with E-state index in [0.717, 1.165) is 47.1 Å². The lowest BCUT2D eigenvalue weighted by atomic mass is 9.94. The van der Waals surface area contributed by atoms with Crippen molar-refractivity contribution in [2.45, 2.75) is 38.1 Å². The molecular weight excluding hydrogens is 646 g/mol. The van der Waals surface area contributed by atoms with Crippen molar-refractivity contribution in [1.29, 1.82) is 0 Å². The van der Waals surface area contributed by atoms with E-state index in [1.165, 1.54) is 31.0 Å². The number of benzene rings is 2. The van der Waals surface area contributed by atoms with Gasteiger partial charge in [-0.3, -0.25) is 9.69 Å². The lowest BCUT2D eigenvalue weighted by Gasteiger charge is -2.30. The van der Waals surface area contributed by atoms with Gasteiger partial charge >= 0.3 is 0 Å². The van der Waals surface area contributed by atoms with Crippen molar-refractivity contribution in [3.8, 4) is 5.75 Å². The summed E-state index contributed by atoms with van der Waals surface area (Å²) in [6.45, 7) is 4.19. The number of carbonyl (C=O) groups excluding carboxylic acids is 1.